The van der Waals surface area contributed by atoms with Crippen molar-refractivity contribution in [2.24, 2.45) is 5.41 Å². The van der Waals surface area contributed by atoms with Crippen molar-refractivity contribution in [2.45, 2.75) is 33.6 Å². The lowest BCUT2D eigenvalue weighted by Gasteiger charge is -2.17. The van der Waals surface area contributed by atoms with Gasteiger partial charge in [-0.3, -0.25) is 4.79 Å². The average Bonchev–Trinajstić information content (AvgIpc) is 2.28. The third-order valence-electron chi connectivity index (χ3n) is 2.59. The van der Waals surface area contributed by atoms with Crippen LogP contribution in [0.5, 0.6) is 0 Å². The van der Waals surface area contributed by atoms with Crippen molar-refractivity contribution < 1.29 is 19.1 Å². The van der Waals surface area contributed by atoms with Gasteiger partial charge in [-0.15, -0.1) is 0 Å². The van der Waals surface area contributed by atoms with Gasteiger partial charge in [0, 0.05) is 6.42 Å². The molecule has 4 nitrogen and oxygen atoms in total. The third-order valence-corrected chi connectivity index (χ3v) is 2.59. The third kappa shape index (κ3) is 5.07. The Morgan fingerprint density at radius 1 is 1.32 bits per heavy atom. The molecule has 0 radical (unpaired) electrons. The maximum Gasteiger partial charge on any atom is 0.335 e. The van der Waals surface area contributed by atoms with Gasteiger partial charge in [0.2, 0.25) is 5.91 Å². The normalized spacial score (nSPS) is 11.2. The molecular formula is C14H18FNO3. The van der Waals surface area contributed by atoms with Crippen LogP contribution in [0.3, 0.4) is 0 Å². The first-order valence-corrected chi connectivity index (χ1v) is 6.02. The van der Waals surface area contributed by atoms with Gasteiger partial charge in [0.05, 0.1) is 11.3 Å². The van der Waals surface area contributed by atoms with Crippen molar-refractivity contribution in [3.8, 4) is 0 Å². The number of carboxylic acid groups (broad SMARTS) is 1. The van der Waals surface area contributed by atoms with Crippen LogP contribution in [0.2, 0.25) is 0 Å². The van der Waals surface area contributed by atoms with Crippen molar-refractivity contribution in [3.63, 3.8) is 0 Å². The molecular weight excluding hydrogens is 249 g/mol. The van der Waals surface area contributed by atoms with Gasteiger partial charge in [-0.25, -0.2) is 9.18 Å². The number of rotatable bonds is 4. The molecule has 1 rings (SSSR count). The minimum Gasteiger partial charge on any atom is -0.478 e. The van der Waals surface area contributed by atoms with Crippen LogP contribution in [0.4, 0.5) is 10.1 Å². The molecule has 0 aliphatic carbocycles. The quantitative estimate of drug-likeness (QED) is 0.879. The summed E-state index contributed by atoms with van der Waals surface area (Å²) in [4.78, 5) is 22.4. The van der Waals surface area contributed by atoms with Crippen molar-refractivity contribution in [1.82, 2.24) is 0 Å². The summed E-state index contributed by atoms with van der Waals surface area (Å²) in [7, 11) is 0. The molecule has 0 heterocycles. The summed E-state index contributed by atoms with van der Waals surface area (Å²) in [6, 6.07) is 3.30. The topological polar surface area (TPSA) is 66.4 Å². The summed E-state index contributed by atoms with van der Waals surface area (Å²) in [6.07, 6.45) is 0.930. The van der Waals surface area contributed by atoms with Gasteiger partial charge in [-0.05, 0) is 30.0 Å². The highest BCUT2D eigenvalue weighted by Gasteiger charge is 2.15. The van der Waals surface area contributed by atoms with E-state index in [1.54, 1.807) is 0 Å². The van der Waals surface area contributed by atoms with E-state index in [0.717, 1.165) is 18.2 Å². The summed E-state index contributed by atoms with van der Waals surface area (Å²) in [5.74, 6) is -2.13. The molecule has 1 aromatic rings. The molecule has 0 atom stereocenters. The molecule has 104 valence electrons. The Bertz CT molecular complexity index is 492. The summed E-state index contributed by atoms with van der Waals surface area (Å²) < 4.78 is 13.5. The van der Waals surface area contributed by atoms with E-state index in [9.17, 15) is 14.0 Å². The van der Waals surface area contributed by atoms with Crippen LogP contribution < -0.4 is 5.32 Å². The van der Waals surface area contributed by atoms with E-state index in [0.29, 0.717) is 6.42 Å². The average molecular weight is 267 g/mol. The number of nitrogens with one attached hydrogen (secondary N) is 1. The summed E-state index contributed by atoms with van der Waals surface area (Å²) >= 11 is 0. The summed E-state index contributed by atoms with van der Waals surface area (Å²) in [5.41, 5.74) is -0.148. The Morgan fingerprint density at radius 3 is 2.47 bits per heavy atom. The Balaban J connectivity index is 2.73. The van der Waals surface area contributed by atoms with E-state index >= 15 is 0 Å². The van der Waals surface area contributed by atoms with Gasteiger partial charge in [-0.2, -0.15) is 0 Å². The van der Waals surface area contributed by atoms with Crippen LogP contribution in [-0.4, -0.2) is 17.0 Å². The fraction of sp³-hybridized carbons (Fsp3) is 0.429. The first-order chi connectivity index (χ1) is 8.69. The second-order valence-corrected chi connectivity index (χ2v) is 5.61. The number of halogens is 1. The van der Waals surface area contributed by atoms with Crippen LogP contribution in [0.25, 0.3) is 0 Å². The molecule has 0 spiro atoms. The number of carboxylic acids is 1. The highest BCUT2D eigenvalue weighted by atomic mass is 19.1. The maximum absolute atomic E-state index is 13.5. The number of anilines is 1. The van der Waals surface area contributed by atoms with Crippen molar-refractivity contribution in [2.75, 3.05) is 5.32 Å². The zero-order valence-electron chi connectivity index (χ0n) is 11.3. The number of amides is 1. The minimum absolute atomic E-state index is 0.0127. The number of aromatic carboxylic acids is 1. The molecule has 0 aliphatic rings. The van der Waals surface area contributed by atoms with Gasteiger partial charge in [0.15, 0.2) is 0 Å². The smallest absolute Gasteiger partial charge is 0.335 e. The molecule has 19 heavy (non-hydrogen) atoms. The number of carbonyl (C=O) groups is 2. The van der Waals surface area contributed by atoms with Gasteiger partial charge in [0.1, 0.15) is 5.82 Å². The SMILES string of the molecule is CC(C)(C)CCC(=O)Nc1cc(C(=O)O)ccc1F. The minimum atomic E-state index is -1.16. The lowest BCUT2D eigenvalue weighted by atomic mass is 9.90. The molecule has 1 aromatic carbocycles. The van der Waals surface area contributed by atoms with Crippen LogP contribution in [-0.2, 0) is 4.79 Å². The standard InChI is InChI=1S/C14H18FNO3/c1-14(2,3)7-6-12(17)16-11-8-9(13(18)19)4-5-10(11)15/h4-5,8H,6-7H2,1-3H3,(H,16,17)(H,18,19). The van der Waals surface area contributed by atoms with E-state index < -0.39 is 11.8 Å². The number of hydrogen-bond acceptors (Lipinski definition) is 2. The highest BCUT2D eigenvalue weighted by Crippen LogP contribution is 2.22. The first-order valence-electron chi connectivity index (χ1n) is 6.02. The summed E-state index contributed by atoms with van der Waals surface area (Å²) in [5, 5.41) is 11.2. The van der Waals surface area contributed by atoms with E-state index in [-0.39, 0.29) is 29.0 Å². The lowest BCUT2D eigenvalue weighted by Crippen LogP contribution is -2.16. The molecule has 1 amide bonds. The Hall–Kier alpha value is -1.91. The van der Waals surface area contributed by atoms with Gasteiger partial charge < -0.3 is 10.4 Å². The largest absolute Gasteiger partial charge is 0.478 e. The van der Waals surface area contributed by atoms with Crippen LogP contribution in [0.1, 0.15) is 44.0 Å². The molecule has 5 heteroatoms. The zero-order valence-corrected chi connectivity index (χ0v) is 11.3. The summed E-state index contributed by atoms with van der Waals surface area (Å²) in [6.45, 7) is 6.02. The molecule has 2 N–H and O–H groups in total. The molecule has 0 bridgehead atoms. The molecule has 0 fully saturated rings. The van der Waals surface area contributed by atoms with Crippen LogP contribution in [0, 0.1) is 11.2 Å². The fourth-order valence-electron chi connectivity index (χ4n) is 1.46. The van der Waals surface area contributed by atoms with Gasteiger partial charge >= 0.3 is 5.97 Å². The van der Waals surface area contributed by atoms with Crippen molar-refractivity contribution >= 4 is 17.6 Å². The highest BCUT2D eigenvalue weighted by molar-refractivity contribution is 5.94. The number of hydrogen-bond donors (Lipinski definition) is 2. The molecule has 0 unspecified atom stereocenters. The number of benzene rings is 1. The molecule has 0 aromatic heterocycles. The maximum atomic E-state index is 13.5. The second kappa shape index (κ2) is 5.82. The second-order valence-electron chi connectivity index (χ2n) is 5.61. The Labute approximate surface area is 111 Å². The lowest BCUT2D eigenvalue weighted by molar-refractivity contribution is -0.116. The molecule has 0 saturated carbocycles. The van der Waals surface area contributed by atoms with E-state index in [1.807, 2.05) is 20.8 Å². The predicted molar refractivity (Wildman–Crippen MR) is 70.7 cm³/mol. The number of carbonyl (C=O) groups excluding carboxylic acids is 1. The van der Waals surface area contributed by atoms with E-state index in [1.165, 1.54) is 0 Å². The Morgan fingerprint density at radius 2 is 1.95 bits per heavy atom. The van der Waals surface area contributed by atoms with E-state index in [4.69, 9.17) is 5.11 Å². The first kappa shape index (κ1) is 15.1. The van der Waals surface area contributed by atoms with Gasteiger partial charge in [0.25, 0.3) is 0 Å². The monoisotopic (exact) mass is 267 g/mol. The van der Waals surface area contributed by atoms with Crippen molar-refractivity contribution in [1.29, 1.82) is 0 Å². The zero-order chi connectivity index (χ0) is 14.6. The predicted octanol–water partition coefficient (Wildman–Crippen LogP) is 3.29. The van der Waals surface area contributed by atoms with Crippen LogP contribution in [0.15, 0.2) is 18.2 Å². The van der Waals surface area contributed by atoms with Gasteiger partial charge in [-0.1, -0.05) is 20.8 Å². The van der Waals surface area contributed by atoms with Crippen LogP contribution >= 0.6 is 0 Å². The molecule has 0 saturated heterocycles. The molecule has 0 aliphatic heterocycles. The Kier molecular flexibility index (Phi) is 4.64. The van der Waals surface area contributed by atoms with E-state index in [2.05, 4.69) is 5.32 Å². The fourth-order valence-corrected chi connectivity index (χ4v) is 1.46. The van der Waals surface area contributed by atoms with Crippen molar-refractivity contribution in [3.05, 3.63) is 29.6 Å².